The SMILES string of the molecule is CNCCCc1cc(C2CC2)on1. The van der Waals surface area contributed by atoms with Crippen LogP contribution in [0, 0.1) is 0 Å². The Morgan fingerprint density at radius 3 is 3.15 bits per heavy atom. The monoisotopic (exact) mass is 180 g/mol. The normalized spacial score (nSPS) is 16.4. The van der Waals surface area contributed by atoms with E-state index in [4.69, 9.17) is 4.52 Å². The van der Waals surface area contributed by atoms with Gasteiger partial charge in [0.2, 0.25) is 0 Å². The molecule has 0 amide bonds. The van der Waals surface area contributed by atoms with Gasteiger partial charge in [0.25, 0.3) is 0 Å². The third-order valence-electron chi connectivity index (χ3n) is 2.42. The van der Waals surface area contributed by atoms with E-state index in [0.717, 1.165) is 30.8 Å². The number of aromatic nitrogens is 1. The molecule has 13 heavy (non-hydrogen) atoms. The molecular formula is C10H16N2O. The molecule has 1 fully saturated rings. The lowest BCUT2D eigenvalue weighted by Crippen LogP contribution is -2.08. The lowest BCUT2D eigenvalue weighted by molar-refractivity contribution is 0.377. The third kappa shape index (κ3) is 2.31. The molecule has 0 saturated heterocycles. The first kappa shape index (κ1) is 8.75. The van der Waals surface area contributed by atoms with Crippen LogP contribution in [0.4, 0.5) is 0 Å². The highest BCUT2D eigenvalue weighted by Gasteiger charge is 2.27. The lowest BCUT2D eigenvalue weighted by Gasteiger charge is -1.94. The second kappa shape index (κ2) is 3.92. The Morgan fingerprint density at radius 1 is 1.62 bits per heavy atom. The molecule has 2 rings (SSSR count). The maximum Gasteiger partial charge on any atom is 0.140 e. The van der Waals surface area contributed by atoms with Crippen molar-refractivity contribution in [1.29, 1.82) is 0 Å². The predicted molar refractivity (Wildman–Crippen MR) is 50.7 cm³/mol. The van der Waals surface area contributed by atoms with Crippen LogP contribution in [0.2, 0.25) is 0 Å². The van der Waals surface area contributed by atoms with E-state index >= 15 is 0 Å². The molecule has 0 aliphatic heterocycles. The van der Waals surface area contributed by atoms with E-state index in [0.29, 0.717) is 5.92 Å². The van der Waals surface area contributed by atoms with Gasteiger partial charge >= 0.3 is 0 Å². The van der Waals surface area contributed by atoms with E-state index in [1.165, 1.54) is 12.8 Å². The van der Waals surface area contributed by atoms with E-state index in [2.05, 4.69) is 16.5 Å². The van der Waals surface area contributed by atoms with Crippen molar-refractivity contribution in [1.82, 2.24) is 10.5 Å². The molecule has 1 aliphatic carbocycles. The number of hydrogen-bond acceptors (Lipinski definition) is 3. The first-order valence-electron chi connectivity index (χ1n) is 5.00. The Labute approximate surface area is 78.5 Å². The van der Waals surface area contributed by atoms with E-state index in [1.807, 2.05) is 7.05 Å². The van der Waals surface area contributed by atoms with Crippen molar-refractivity contribution in [2.45, 2.75) is 31.6 Å². The molecule has 0 radical (unpaired) electrons. The van der Waals surface area contributed by atoms with Gasteiger partial charge in [-0.2, -0.15) is 0 Å². The summed E-state index contributed by atoms with van der Waals surface area (Å²) in [6.07, 6.45) is 4.72. The molecule has 1 heterocycles. The fourth-order valence-electron chi connectivity index (χ4n) is 1.45. The van der Waals surface area contributed by atoms with E-state index in [9.17, 15) is 0 Å². The summed E-state index contributed by atoms with van der Waals surface area (Å²) in [6, 6.07) is 2.12. The molecule has 1 saturated carbocycles. The fraction of sp³-hybridized carbons (Fsp3) is 0.700. The van der Waals surface area contributed by atoms with Gasteiger partial charge in [-0.3, -0.25) is 0 Å². The summed E-state index contributed by atoms with van der Waals surface area (Å²) in [4.78, 5) is 0. The first-order chi connectivity index (χ1) is 6.40. The van der Waals surface area contributed by atoms with Crippen LogP contribution < -0.4 is 5.32 Å². The number of nitrogens with zero attached hydrogens (tertiary/aromatic N) is 1. The van der Waals surface area contributed by atoms with Crippen molar-refractivity contribution in [2.24, 2.45) is 0 Å². The number of hydrogen-bond donors (Lipinski definition) is 1. The van der Waals surface area contributed by atoms with Crippen molar-refractivity contribution >= 4 is 0 Å². The van der Waals surface area contributed by atoms with Gasteiger partial charge in [0.05, 0.1) is 5.69 Å². The molecule has 0 atom stereocenters. The Bertz CT molecular complexity index is 266. The van der Waals surface area contributed by atoms with E-state index in [-0.39, 0.29) is 0 Å². The largest absolute Gasteiger partial charge is 0.361 e. The highest BCUT2D eigenvalue weighted by atomic mass is 16.5. The first-order valence-corrected chi connectivity index (χ1v) is 5.00. The molecule has 0 spiro atoms. The molecule has 1 aromatic rings. The second-order valence-corrected chi connectivity index (χ2v) is 3.70. The zero-order valence-electron chi connectivity index (χ0n) is 8.05. The van der Waals surface area contributed by atoms with Gasteiger partial charge in [0.15, 0.2) is 0 Å². The molecular weight excluding hydrogens is 164 g/mol. The van der Waals surface area contributed by atoms with Gasteiger partial charge in [-0.05, 0) is 39.3 Å². The van der Waals surface area contributed by atoms with Gasteiger partial charge in [-0.1, -0.05) is 5.16 Å². The van der Waals surface area contributed by atoms with Crippen molar-refractivity contribution in [3.8, 4) is 0 Å². The van der Waals surface area contributed by atoms with Gasteiger partial charge in [0.1, 0.15) is 5.76 Å². The van der Waals surface area contributed by atoms with E-state index in [1.54, 1.807) is 0 Å². The van der Waals surface area contributed by atoms with Gasteiger partial charge in [-0.15, -0.1) is 0 Å². The lowest BCUT2D eigenvalue weighted by atomic mass is 10.2. The number of nitrogens with one attached hydrogen (secondary N) is 1. The van der Waals surface area contributed by atoms with Crippen LogP contribution in [0.1, 0.15) is 36.6 Å². The Balaban J connectivity index is 1.82. The summed E-state index contributed by atoms with van der Waals surface area (Å²) in [6.45, 7) is 1.05. The number of aryl methyl sites for hydroxylation is 1. The molecule has 1 aromatic heterocycles. The highest BCUT2D eigenvalue weighted by molar-refractivity contribution is 5.14. The average molecular weight is 180 g/mol. The topological polar surface area (TPSA) is 38.1 Å². The van der Waals surface area contributed by atoms with Crippen molar-refractivity contribution in [3.05, 3.63) is 17.5 Å². The minimum Gasteiger partial charge on any atom is -0.361 e. The maximum atomic E-state index is 5.25. The Morgan fingerprint density at radius 2 is 2.46 bits per heavy atom. The summed E-state index contributed by atoms with van der Waals surface area (Å²) in [7, 11) is 1.97. The molecule has 0 unspecified atom stereocenters. The van der Waals surface area contributed by atoms with Crippen LogP contribution in [0.25, 0.3) is 0 Å². The minimum atomic E-state index is 0.686. The molecule has 1 N–H and O–H groups in total. The maximum absolute atomic E-state index is 5.25. The molecule has 0 bridgehead atoms. The van der Waals surface area contributed by atoms with Crippen LogP contribution in [0.15, 0.2) is 10.6 Å². The van der Waals surface area contributed by atoms with Crippen molar-refractivity contribution in [3.63, 3.8) is 0 Å². The third-order valence-corrected chi connectivity index (χ3v) is 2.42. The van der Waals surface area contributed by atoms with Gasteiger partial charge < -0.3 is 9.84 Å². The van der Waals surface area contributed by atoms with E-state index < -0.39 is 0 Å². The summed E-state index contributed by atoms with van der Waals surface area (Å²) < 4.78 is 5.25. The molecule has 3 nitrogen and oxygen atoms in total. The van der Waals surface area contributed by atoms with Crippen LogP contribution >= 0.6 is 0 Å². The van der Waals surface area contributed by atoms with Crippen molar-refractivity contribution < 1.29 is 4.52 Å². The fourth-order valence-corrected chi connectivity index (χ4v) is 1.45. The smallest absolute Gasteiger partial charge is 0.140 e. The number of rotatable bonds is 5. The predicted octanol–water partition coefficient (Wildman–Crippen LogP) is 1.70. The summed E-state index contributed by atoms with van der Waals surface area (Å²) in [5, 5.41) is 7.17. The zero-order chi connectivity index (χ0) is 9.10. The molecule has 1 aliphatic rings. The van der Waals surface area contributed by atoms with Crippen LogP contribution in [-0.2, 0) is 6.42 Å². The quantitative estimate of drug-likeness (QED) is 0.701. The van der Waals surface area contributed by atoms with Gasteiger partial charge in [0, 0.05) is 12.0 Å². The second-order valence-electron chi connectivity index (χ2n) is 3.70. The molecule has 3 heteroatoms. The summed E-state index contributed by atoms with van der Waals surface area (Å²) in [5.74, 6) is 1.78. The Kier molecular flexibility index (Phi) is 2.64. The highest BCUT2D eigenvalue weighted by Crippen LogP contribution is 2.40. The molecule has 72 valence electrons. The van der Waals surface area contributed by atoms with Crippen LogP contribution in [-0.4, -0.2) is 18.7 Å². The summed E-state index contributed by atoms with van der Waals surface area (Å²) in [5.41, 5.74) is 1.11. The van der Waals surface area contributed by atoms with Gasteiger partial charge in [-0.25, -0.2) is 0 Å². The van der Waals surface area contributed by atoms with Crippen molar-refractivity contribution in [2.75, 3.05) is 13.6 Å². The standard InChI is InChI=1S/C10H16N2O/c1-11-6-2-3-9-7-10(13-12-9)8-4-5-8/h7-8,11H,2-6H2,1H3. The molecule has 0 aromatic carbocycles. The zero-order valence-corrected chi connectivity index (χ0v) is 8.05. The minimum absolute atomic E-state index is 0.686. The van der Waals surface area contributed by atoms with Crippen LogP contribution in [0.5, 0.6) is 0 Å². The van der Waals surface area contributed by atoms with Crippen LogP contribution in [0.3, 0.4) is 0 Å². The summed E-state index contributed by atoms with van der Waals surface area (Å²) >= 11 is 0. The average Bonchev–Trinajstić information content (AvgIpc) is 2.88. The Hall–Kier alpha value is -0.830.